The summed E-state index contributed by atoms with van der Waals surface area (Å²) in [5.74, 6) is 0.176. The third-order valence-corrected chi connectivity index (χ3v) is 6.69. The topological polar surface area (TPSA) is 93.7 Å². The molecule has 1 aliphatic carbocycles. The van der Waals surface area contributed by atoms with Crippen LogP contribution in [0, 0.1) is 5.92 Å². The molecular weight excluding hydrogens is 392 g/mol. The zero-order valence-corrected chi connectivity index (χ0v) is 18.7. The average molecular weight is 429 g/mol. The van der Waals surface area contributed by atoms with Gasteiger partial charge in [0.2, 0.25) is 11.8 Å². The quantitative estimate of drug-likeness (QED) is 0.478. The molecule has 31 heavy (non-hydrogen) atoms. The molecule has 2 amide bonds. The van der Waals surface area contributed by atoms with E-state index < -0.39 is 0 Å². The van der Waals surface area contributed by atoms with Gasteiger partial charge in [-0.05, 0) is 57.7 Å². The summed E-state index contributed by atoms with van der Waals surface area (Å²) >= 11 is 0. The molecule has 7 heteroatoms. The minimum atomic E-state index is -0.364. The van der Waals surface area contributed by atoms with Crippen molar-refractivity contribution in [3.8, 4) is 5.75 Å². The number of hydrogen-bond donors (Lipinski definition) is 4. The van der Waals surface area contributed by atoms with E-state index in [1.165, 1.54) is 6.42 Å². The number of para-hydroxylation sites is 2. The number of nitrogens with zero attached hydrogens (tertiary/aromatic N) is 1. The number of hydrogen-bond acceptors (Lipinski definition) is 5. The lowest BCUT2D eigenvalue weighted by molar-refractivity contribution is -0.123. The molecule has 1 saturated heterocycles. The Bertz CT molecular complexity index is 791. The van der Waals surface area contributed by atoms with Crippen molar-refractivity contribution >= 4 is 17.5 Å². The number of aromatic hydroxyl groups is 1. The predicted molar refractivity (Wildman–Crippen MR) is 123 cm³/mol. The van der Waals surface area contributed by atoms with Crippen molar-refractivity contribution in [1.29, 1.82) is 0 Å². The summed E-state index contributed by atoms with van der Waals surface area (Å²) in [5.41, 5.74) is 1.23. The zero-order chi connectivity index (χ0) is 22.4. The van der Waals surface area contributed by atoms with Crippen molar-refractivity contribution in [3.63, 3.8) is 0 Å². The fourth-order valence-electron chi connectivity index (χ4n) is 4.71. The molecule has 7 nitrogen and oxygen atoms in total. The van der Waals surface area contributed by atoms with Crippen LogP contribution >= 0.6 is 0 Å². The molecule has 1 aromatic rings. The number of anilines is 1. The number of phenolic OH excluding ortho intramolecular Hbond substituents is 1. The number of likely N-dealkylation sites (tertiary alicyclic amines) is 1. The lowest BCUT2D eigenvalue weighted by Crippen LogP contribution is -2.52. The Hall–Kier alpha value is -2.54. The Balaban J connectivity index is 1.75. The zero-order valence-electron chi connectivity index (χ0n) is 18.7. The second-order valence-corrected chi connectivity index (χ2v) is 8.74. The first kappa shape index (κ1) is 23.1. The van der Waals surface area contributed by atoms with Crippen LogP contribution in [0.5, 0.6) is 5.75 Å². The highest BCUT2D eigenvalue weighted by atomic mass is 16.3. The maximum absolute atomic E-state index is 13.1. The Morgan fingerprint density at radius 2 is 1.84 bits per heavy atom. The first-order chi connectivity index (χ1) is 14.9. The fourth-order valence-corrected chi connectivity index (χ4v) is 4.71. The van der Waals surface area contributed by atoms with Crippen molar-refractivity contribution in [2.24, 2.45) is 5.92 Å². The second-order valence-electron chi connectivity index (χ2n) is 8.74. The second kappa shape index (κ2) is 10.7. The van der Waals surface area contributed by atoms with E-state index in [-0.39, 0.29) is 35.7 Å². The SMILES string of the molecule is C=C([C@@H](NC(=O)[C@H](C)NC)C1CCCCC1)N1CCC[C@H]1C(=O)Nc1ccccc1O. The average Bonchev–Trinajstić information content (AvgIpc) is 3.28. The molecule has 3 atom stereocenters. The number of carbonyl (C=O) groups excluding carboxylic acids is 2. The van der Waals surface area contributed by atoms with Crippen molar-refractivity contribution in [2.75, 3.05) is 18.9 Å². The van der Waals surface area contributed by atoms with E-state index in [9.17, 15) is 14.7 Å². The molecule has 0 radical (unpaired) electrons. The van der Waals surface area contributed by atoms with Crippen LogP contribution in [0.15, 0.2) is 36.5 Å². The van der Waals surface area contributed by atoms with Crippen LogP contribution in [0.1, 0.15) is 51.9 Å². The number of carbonyl (C=O) groups is 2. The van der Waals surface area contributed by atoms with Gasteiger partial charge in [0.1, 0.15) is 11.8 Å². The summed E-state index contributed by atoms with van der Waals surface area (Å²) in [6.07, 6.45) is 7.26. The van der Waals surface area contributed by atoms with Crippen molar-refractivity contribution in [3.05, 3.63) is 36.5 Å². The van der Waals surface area contributed by atoms with Gasteiger partial charge in [-0.15, -0.1) is 0 Å². The molecule has 2 aliphatic rings. The van der Waals surface area contributed by atoms with Gasteiger partial charge in [0.15, 0.2) is 0 Å². The van der Waals surface area contributed by atoms with E-state index >= 15 is 0 Å². The predicted octanol–water partition coefficient (Wildman–Crippen LogP) is 2.98. The highest BCUT2D eigenvalue weighted by Crippen LogP contribution is 2.33. The van der Waals surface area contributed by atoms with Crippen molar-refractivity contribution < 1.29 is 14.7 Å². The molecule has 170 valence electrons. The van der Waals surface area contributed by atoms with E-state index in [4.69, 9.17) is 0 Å². The van der Waals surface area contributed by atoms with Crippen LogP contribution in [0.3, 0.4) is 0 Å². The highest BCUT2D eigenvalue weighted by Gasteiger charge is 2.37. The van der Waals surface area contributed by atoms with Crippen LogP contribution < -0.4 is 16.0 Å². The maximum Gasteiger partial charge on any atom is 0.247 e. The van der Waals surface area contributed by atoms with Crippen LogP contribution in [-0.2, 0) is 9.59 Å². The van der Waals surface area contributed by atoms with Crippen molar-refractivity contribution in [1.82, 2.24) is 15.5 Å². The molecule has 4 N–H and O–H groups in total. The van der Waals surface area contributed by atoms with Gasteiger partial charge in [-0.1, -0.05) is 38.0 Å². The number of nitrogens with one attached hydrogen (secondary N) is 3. The summed E-state index contributed by atoms with van der Waals surface area (Å²) in [4.78, 5) is 27.8. The molecule has 3 rings (SSSR count). The van der Waals surface area contributed by atoms with E-state index in [0.717, 1.165) is 50.8 Å². The Morgan fingerprint density at radius 3 is 2.52 bits per heavy atom. The van der Waals surface area contributed by atoms with Crippen LogP contribution in [0.4, 0.5) is 5.69 Å². The van der Waals surface area contributed by atoms with E-state index in [1.807, 2.05) is 6.92 Å². The van der Waals surface area contributed by atoms with Crippen LogP contribution in [0.25, 0.3) is 0 Å². The smallest absolute Gasteiger partial charge is 0.247 e. The monoisotopic (exact) mass is 428 g/mol. The fraction of sp³-hybridized carbons (Fsp3) is 0.583. The summed E-state index contributed by atoms with van der Waals surface area (Å²) in [5, 5.41) is 19.1. The van der Waals surface area contributed by atoms with Crippen molar-refractivity contribution in [2.45, 2.75) is 70.0 Å². The lowest BCUT2D eigenvalue weighted by atomic mass is 9.82. The largest absolute Gasteiger partial charge is 0.506 e. The summed E-state index contributed by atoms with van der Waals surface area (Å²) in [7, 11) is 1.77. The third-order valence-electron chi connectivity index (χ3n) is 6.69. The Morgan fingerprint density at radius 1 is 1.13 bits per heavy atom. The number of rotatable bonds is 8. The van der Waals surface area contributed by atoms with E-state index in [1.54, 1.807) is 31.3 Å². The van der Waals surface area contributed by atoms with Crippen LogP contribution in [-0.4, -0.2) is 53.5 Å². The number of likely N-dealkylation sites (N-methyl/N-ethyl adjacent to an activating group) is 1. The Labute approximate surface area is 185 Å². The van der Waals surface area contributed by atoms with Gasteiger partial charge in [0.05, 0.1) is 17.8 Å². The molecule has 1 heterocycles. The molecule has 1 aliphatic heterocycles. The molecule has 0 bridgehead atoms. The van der Waals surface area contributed by atoms with Gasteiger partial charge in [0, 0.05) is 12.2 Å². The molecular formula is C24H36N4O3. The highest BCUT2D eigenvalue weighted by molar-refractivity contribution is 5.96. The first-order valence-corrected chi connectivity index (χ1v) is 11.4. The normalized spacial score (nSPS) is 21.4. The van der Waals surface area contributed by atoms with Gasteiger partial charge in [-0.25, -0.2) is 0 Å². The molecule has 0 unspecified atom stereocenters. The molecule has 0 aromatic heterocycles. The number of benzene rings is 1. The van der Waals surface area contributed by atoms with Gasteiger partial charge >= 0.3 is 0 Å². The first-order valence-electron chi connectivity index (χ1n) is 11.4. The number of amides is 2. The number of phenols is 1. The minimum absolute atomic E-state index is 0.0476. The minimum Gasteiger partial charge on any atom is -0.506 e. The molecule has 0 spiro atoms. The summed E-state index contributed by atoms with van der Waals surface area (Å²) in [6.45, 7) is 6.95. The van der Waals surface area contributed by atoms with E-state index in [0.29, 0.717) is 11.6 Å². The lowest BCUT2D eigenvalue weighted by Gasteiger charge is -2.38. The van der Waals surface area contributed by atoms with E-state index in [2.05, 4.69) is 27.4 Å². The standard InChI is InChI=1S/C24H36N4O3/c1-16(25-3)23(30)27-22(18-10-5-4-6-11-18)17(2)28-15-9-13-20(28)24(31)26-19-12-7-8-14-21(19)29/h7-8,12,14,16,18,20,22,25,29H,2,4-6,9-11,13,15H2,1,3H3,(H,26,31)(H,27,30)/t16-,20-,22+/m0/s1. The molecule has 1 saturated carbocycles. The summed E-state index contributed by atoms with van der Waals surface area (Å²) < 4.78 is 0. The van der Waals surface area contributed by atoms with Gasteiger partial charge in [-0.2, -0.15) is 0 Å². The van der Waals surface area contributed by atoms with Crippen LogP contribution in [0.2, 0.25) is 0 Å². The maximum atomic E-state index is 13.1. The Kier molecular flexibility index (Phi) is 7.96. The van der Waals surface area contributed by atoms with Gasteiger partial charge in [0.25, 0.3) is 0 Å². The molecule has 1 aromatic carbocycles. The molecule has 2 fully saturated rings. The summed E-state index contributed by atoms with van der Waals surface area (Å²) in [6, 6.07) is 5.90. The van der Waals surface area contributed by atoms with Gasteiger partial charge in [-0.3, -0.25) is 9.59 Å². The third kappa shape index (κ3) is 5.58. The van der Waals surface area contributed by atoms with Gasteiger partial charge < -0.3 is 26.0 Å².